The molecule has 1 amide bonds. The van der Waals surface area contributed by atoms with Gasteiger partial charge in [-0.1, -0.05) is 17.7 Å². The van der Waals surface area contributed by atoms with Gasteiger partial charge in [-0.2, -0.15) is 0 Å². The SMILES string of the molecule is CCOc1nc(C(=O)NCC2CCN(Cc3cnc(-c4ccccn4)s3)CC2)cc(N)c1Cl. The number of rotatable bonds is 8. The molecule has 8 nitrogen and oxygen atoms in total. The number of nitrogens with zero attached hydrogens (tertiary/aromatic N) is 4. The van der Waals surface area contributed by atoms with E-state index in [1.54, 1.807) is 17.5 Å². The van der Waals surface area contributed by atoms with Crippen LogP contribution in [-0.4, -0.2) is 52.0 Å². The van der Waals surface area contributed by atoms with E-state index in [2.05, 4.69) is 25.2 Å². The number of hydrogen-bond donors (Lipinski definition) is 2. The summed E-state index contributed by atoms with van der Waals surface area (Å²) in [6.45, 7) is 5.67. The van der Waals surface area contributed by atoms with Gasteiger partial charge in [-0.05, 0) is 57.0 Å². The van der Waals surface area contributed by atoms with Gasteiger partial charge in [-0.25, -0.2) is 9.97 Å². The summed E-state index contributed by atoms with van der Waals surface area (Å²) in [5, 5.41) is 4.16. The molecule has 4 heterocycles. The monoisotopic (exact) mass is 486 g/mol. The fourth-order valence-electron chi connectivity index (χ4n) is 3.76. The first-order valence-corrected chi connectivity index (χ1v) is 12.2. The minimum absolute atomic E-state index is 0.187. The molecule has 3 N–H and O–H groups in total. The molecule has 0 radical (unpaired) electrons. The third-order valence-electron chi connectivity index (χ3n) is 5.54. The van der Waals surface area contributed by atoms with Crippen LogP contribution in [0.3, 0.4) is 0 Å². The Balaban J connectivity index is 1.25. The second kappa shape index (κ2) is 10.9. The van der Waals surface area contributed by atoms with Gasteiger partial charge in [0.15, 0.2) is 0 Å². The van der Waals surface area contributed by atoms with Crippen LogP contribution in [0.25, 0.3) is 10.7 Å². The summed E-state index contributed by atoms with van der Waals surface area (Å²) in [5.74, 6) is 0.340. The van der Waals surface area contributed by atoms with Gasteiger partial charge in [-0.15, -0.1) is 11.3 Å². The Hall–Kier alpha value is -2.75. The molecule has 1 saturated heterocycles. The molecule has 0 unspecified atom stereocenters. The predicted octanol–water partition coefficient (Wildman–Crippen LogP) is 3.88. The van der Waals surface area contributed by atoms with Crippen LogP contribution in [0.2, 0.25) is 5.02 Å². The summed E-state index contributed by atoms with van der Waals surface area (Å²) in [6, 6.07) is 7.35. The van der Waals surface area contributed by atoms with Crippen LogP contribution in [-0.2, 0) is 6.54 Å². The normalized spacial score (nSPS) is 14.8. The molecule has 174 valence electrons. The Kier molecular flexibility index (Phi) is 7.74. The molecule has 0 atom stereocenters. The molecule has 10 heteroatoms. The number of hydrogen-bond acceptors (Lipinski definition) is 8. The van der Waals surface area contributed by atoms with Crippen molar-refractivity contribution in [3.63, 3.8) is 0 Å². The maximum absolute atomic E-state index is 12.6. The number of ether oxygens (including phenoxy) is 1. The molecule has 1 aliphatic heterocycles. The van der Waals surface area contributed by atoms with Gasteiger partial charge in [-0.3, -0.25) is 14.7 Å². The van der Waals surface area contributed by atoms with Crippen molar-refractivity contribution in [3.05, 3.63) is 52.3 Å². The molecule has 0 bridgehead atoms. The van der Waals surface area contributed by atoms with Crippen molar-refractivity contribution >= 4 is 34.5 Å². The van der Waals surface area contributed by atoms with Crippen molar-refractivity contribution in [1.29, 1.82) is 0 Å². The van der Waals surface area contributed by atoms with Gasteiger partial charge in [0.2, 0.25) is 5.88 Å². The summed E-state index contributed by atoms with van der Waals surface area (Å²) < 4.78 is 5.37. The van der Waals surface area contributed by atoms with E-state index in [-0.39, 0.29) is 28.2 Å². The van der Waals surface area contributed by atoms with Crippen molar-refractivity contribution in [2.75, 3.05) is 32.0 Å². The Morgan fingerprint density at radius 3 is 2.88 bits per heavy atom. The standard InChI is InChI=1S/C23H27ClN6O2S/c1-2-32-22-20(24)17(25)11-19(29-22)21(31)27-12-15-6-9-30(10-7-15)14-16-13-28-23(33-16)18-5-3-4-8-26-18/h3-5,8,11,13,15H,2,6-7,9-10,12,14H2,1H3,(H2,25,29)(H,27,31). The third kappa shape index (κ3) is 5.98. The zero-order valence-electron chi connectivity index (χ0n) is 18.5. The van der Waals surface area contributed by atoms with Crippen LogP contribution in [0.1, 0.15) is 35.1 Å². The molecular formula is C23H27ClN6O2S. The highest BCUT2D eigenvalue weighted by atomic mass is 35.5. The molecule has 3 aromatic heterocycles. The van der Waals surface area contributed by atoms with E-state index < -0.39 is 0 Å². The molecule has 0 saturated carbocycles. The quantitative estimate of drug-likeness (QED) is 0.497. The average molecular weight is 487 g/mol. The van der Waals surface area contributed by atoms with E-state index in [0.29, 0.717) is 19.1 Å². The summed E-state index contributed by atoms with van der Waals surface area (Å²) >= 11 is 7.79. The predicted molar refractivity (Wildman–Crippen MR) is 131 cm³/mol. The molecule has 0 spiro atoms. The highest BCUT2D eigenvalue weighted by Crippen LogP contribution is 2.29. The molecular weight excluding hydrogens is 460 g/mol. The van der Waals surface area contributed by atoms with Gasteiger partial charge < -0.3 is 15.8 Å². The summed E-state index contributed by atoms with van der Waals surface area (Å²) in [5.41, 5.74) is 7.30. The minimum atomic E-state index is -0.270. The average Bonchev–Trinajstić information content (AvgIpc) is 3.30. The number of carbonyl (C=O) groups excluding carboxylic acids is 1. The van der Waals surface area contributed by atoms with Gasteiger partial charge in [0, 0.05) is 30.4 Å². The van der Waals surface area contributed by atoms with Crippen LogP contribution < -0.4 is 15.8 Å². The number of carbonyl (C=O) groups is 1. The lowest BCUT2D eigenvalue weighted by atomic mass is 9.96. The second-order valence-electron chi connectivity index (χ2n) is 7.93. The van der Waals surface area contributed by atoms with Crippen LogP contribution in [0, 0.1) is 5.92 Å². The lowest BCUT2D eigenvalue weighted by Crippen LogP contribution is -2.38. The summed E-state index contributed by atoms with van der Waals surface area (Å²) in [6.07, 6.45) is 5.78. The smallest absolute Gasteiger partial charge is 0.270 e. The first-order chi connectivity index (χ1) is 16.0. The van der Waals surface area contributed by atoms with Crippen molar-refractivity contribution in [3.8, 4) is 16.6 Å². The first kappa shape index (κ1) is 23.4. The Bertz CT molecular complexity index is 1090. The fraction of sp³-hybridized carbons (Fsp3) is 0.391. The topological polar surface area (TPSA) is 106 Å². The van der Waals surface area contributed by atoms with Gasteiger partial charge in [0.25, 0.3) is 5.91 Å². The number of piperidine rings is 1. The fourth-order valence-corrected chi connectivity index (χ4v) is 4.84. The van der Waals surface area contributed by atoms with E-state index in [1.807, 2.05) is 31.3 Å². The zero-order valence-corrected chi connectivity index (χ0v) is 20.0. The largest absolute Gasteiger partial charge is 0.477 e. The van der Waals surface area contributed by atoms with E-state index in [9.17, 15) is 4.79 Å². The molecule has 1 aliphatic rings. The van der Waals surface area contributed by atoms with Crippen molar-refractivity contribution in [2.45, 2.75) is 26.3 Å². The Morgan fingerprint density at radius 2 is 2.15 bits per heavy atom. The number of thiazole rings is 1. The molecule has 3 aromatic rings. The number of amides is 1. The number of nitrogen functional groups attached to an aromatic ring is 1. The van der Waals surface area contributed by atoms with Crippen LogP contribution >= 0.6 is 22.9 Å². The molecule has 4 rings (SSSR count). The van der Waals surface area contributed by atoms with E-state index in [4.69, 9.17) is 22.1 Å². The van der Waals surface area contributed by atoms with Gasteiger partial charge in [0.05, 0.1) is 18.0 Å². The van der Waals surface area contributed by atoms with Crippen LogP contribution in [0.4, 0.5) is 5.69 Å². The molecule has 0 aliphatic carbocycles. The number of nitrogens with two attached hydrogens (primary N) is 1. The number of aromatic nitrogens is 3. The zero-order chi connectivity index (χ0) is 23.2. The Morgan fingerprint density at radius 1 is 1.33 bits per heavy atom. The van der Waals surface area contributed by atoms with Crippen LogP contribution in [0.15, 0.2) is 36.7 Å². The third-order valence-corrected chi connectivity index (χ3v) is 6.93. The van der Waals surface area contributed by atoms with Crippen molar-refractivity contribution in [1.82, 2.24) is 25.2 Å². The van der Waals surface area contributed by atoms with Gasteiger partial charge >= 0.3 is 0 Å². The maximum atomic E-state index is 12.6. The van der Waals surface area contributed by atoms with Crippen molar-refractivity contribution < 1.29 is 9.53 Å². The maximum Gasteiger partial charge on any atom is 0.270 e. The van der Waals surface area contributed by atoms with Gasteiger partial charge in [0.1, 0.15) is 15.7 Å². The molecule has 0 aromatic carbocycles. The Labute approximate surface area is 202 Å². The summed E-state index contributed by atoms with van der Waals surface area (Å²) in [7, 11) is 0. The lowest BCUT2D eigenvalue weighted by Gasteiger charge is -2.31. The van der Waals surface area contributed by atoms with E-state index in [1.165, 1.54) is 10.9 Å². The van der Waals surface area contributed by atoms with E-state index in [0.717, 1.165) is 43.2 Å². The van der Waals surface area contributed by atoms with Crippen molar-refractivity contribution in [2.24, 2.45) is 5.92 Å². The lowest BCUT2D eigenvalue weighted by molar-refractivity contribution is 0.0929. The highest BCUT2D eigenvalue weighted by molar-refractivity contribution is 7.14. The number of anilines is 1. The second-order valence-corrected chi connectivity index (χ2v) is 9.42. The highest BCUT2D eigenvalue weighted by Gasteiger charge is 2.22. The number of pyridine rings is 2. The van der Waals surface area contributed by atoms with Crippen LogP contribution in [0.5, 0.6) is 5.88 Å². The number of likely N-dealkylation sites (tertiary alicyclic amines) is 1. The first-order valence-electron chi connectivity index (χ1n) is 11.0. The minimum Gasteiger partial charge on any atom is -0.477 e. The number of halogens is 1. The molecule has 1 fully saturated rings. The number of nitrogens with one attached hydrogen (secondary N) is 1. The molecule has 33 heavy (non-hydrogen) atoms. The van der Waals surface area contributed by atoms with E-state index >= 15 is 0 Å². The summed E-state index contributed by atoms with van der Waals surface area (Å²) in [4.78, 5) is 29.4.